The molecule has 1 fully saturated rings. The Morgan fingerprint density at radius 2 is 2.12 bits per heavy atom. The molecule has 3 heteroatoms. The Morgan fingerprint density at radius 1 is 1.31 bits per heavy atom. The summed E-state index contributed by atoms with van der Waals surface area (Å²) >= 11 is 0. The summed E-state index contributed by atoms with van der Waals surface area (Å²) in [7, 11) is 1.89. The van der Waals surface area contributed by atoms with Gasteiger partial charge in [0.2, 0.25) is 5.91 Å². The first-order valence-corrected chi connectivity index (χ1v) is 5.86. The zero-order chi connectivity index (χ0) is 11.1. The molecule has 2 heterocycles. The number of nitrogens with zero attached hydrogens (tertiary/aromatic N) is 1. The Kier molecular flexibility index (Phi) is 2.21. The molecule has 0 spiro atoms. The molecule has 2 atom stereocenters. The number of hydrogen-bond donors (Lipinski definition) is 1. The molecule has 1 aromatic rings. The highest BCUT2D eigenvalue weighted by atomic mass is 16.2. The van der Waals surface area contributed by atoms with Gasteiger partial charge in [-0.15, -0.1) is 0 Å². The third-order valence-corrected chi connectivity index (χ3v) is 3.83. The molecule has 2 aliphatic heterocycles. The number of nitrogens with one attached hydrogen (secondary N) is 1. The second kappa shape index (κ2) is 3.59. The maximum Gasteiger partial charge on any atom is 0.230 e. The van der Waals surface area contributed by atoms with Gasteiger partial charge in [0, 0.05) is 31.1 Å². The van der Waals surface area contributed by atoms with Gasteiger partial charge in [-0.1, -0.05) is 18.2 Å². The van der Waals surface area contributed by atoms with Gasteiger partial charge in [-0.2, -0.15) is 0 Å². The first-order valence-electron chi connectivity index (χ1n) is 5.86. The van der Waals surface area contributed by atoms with E-state index in [1.807, 2.05) is 24.1 Å². The summed E-state index contributed by atoms with van der Waals surface area (Å²) in [6.45, 7) is 1.89. The van der Waals surface area contributed by atoms with Gasteiger partial charge in [-0.3, -0.25) is 4.79 Å². The summed E-state index contributed by atoms with van der Waals surface area (Å²) in [4.78, 5) is 14.0. The molecule has 16 heavy (non-hydrogen) atoms. The van der Waals surface area contributed by atoms with E-state index in [2.05, 4.69) is 17.4 Å². The maximum atomic E-state index is 12.2. The minimum absolute atomic E-state index is 0.182. The first kappa shape index (κ1) is 9.85. The minimum Gasteiger partial charge on any atom is -0.316 e. The van der Waals surface area contributed by atoms with E-state index >= 15 is 0 Å². The van der Waals surface area contributed by atoms with Crippen LogP contribution in [0.25, 0.3) is 0 Å². The summed E-state index contributed by atoms with van der Waals surface area (Å²) in [5.41, 5.74) is 2.40. The molecular weight excluding hydrogens is 200 g/mol. The molecule has 2 aliphatic rings. The summed E-state index contributed by atoms with van der Waals surface area (Å²) in [6.07, 6.45) is 0.960. The lowest BCUT2D eigenvalue weighted by Crippen LogP contribution is -2.47. The summed E-state index contributed by atoms with van der Waals surface area (Å²) in [5.74, 6) is 0.833. The van der Waals surface area contributed by atoms with Crippen LogP contribution < -0.4 is 10.2 Å². The lowest BCUT2D eigenvalue weighted by atomic mass is 9.77. The summed E-state index contributed by atoms with van der Waals surface area (Å²) in [6, 6.07) is 8.26. The molecule has 2 unspecified atom stereocenters. The second-order valence-electron chi connectivity index (χ2n) is 4.66. The molecule has 1 aromatic carbocycles. The highest BCUT2D eigenvalue weighted by Crippen LogP contribution is 2.40. The van der Waals surface area contributed by atoms with Crippen molar-refractivity contribution in [2.45, 2.75) is 12.3 Å². The molecule has 84 valence electrons. The Morgan fingerprint density at radius 3 is 3.00 bits per heavy atom. The Labute approximate surface area is 95.4 Å². The largest absolute Gasteiger partial charge is 0.316 e. The van der Waals surface area contributed by atoms with E-state index in [0.717, 1.165) is 25.2 Å². The highest BCUT2D eigenvalue weighted by Gasteiger charge is 2.39. The topological polar surface area (TPSA) is 32.3 Å². The predicted molar refractivity (Wildman–Crippen MR) is 63.6 cm³/mol. The van der Waals surface area contributed by atoms with E-state index in [-0.39, 0.29) is 11.8 Å². The first-order chi connectivity index (χ1) is 7.79. The fourth-order valence-electron chi connectivity index (χ4n) is 2.95. The normalized spacial score (nSPS) is 28.6. The van der Waals surface area contributed by atoms with Crippen LogP contribution in [-0.2, 0) is 4.79 Å². The Hall–Kier alpha value is -1.35. The molecule has 1 N–H and O–H groups in total. The van der Waals surface area contributed by atoms with Gasteiger partial charge in [0.05, 0.1) is 0 Å². The van der Waals surface area contributed by atoms with Gasteiger partial charge >= 0.3 is 0 Å². The highest BCUT2D eigenvalue weighted by molar-refractivity contribution is 5.98. The number of hydrogen-bond acceptors (Lipinski definition) is 2. The number of benzene rings is 1. The third kappa shape index (κ3) is 1.28. The number of carbonyl (C=O) groups is 1. The fourth-order valence-corrected chi connectivity index (χ4v) is 2.95. The SMILES string of the molecule is CN1C(=O)C2CCNCC2c2ccccc21. The Balaban J connectivity index is 2.11. The fraction of sp³-hybridized carbons (Fsp3) is 0.462. The van der Waals surface area contributed by atoms with Crippen molar-refractivity contribution in [1.29, 1.82) is 0 Å². The van der Waals surface area contributed by atoms with Gasteiger partial charge in [-0.05, 0) is 24.6 Å². The van der Waals surface area contributed by atoms with Gasteiger partial charge in [0.1, 0.15) is 0 Å². The predicted octanol–water partition coefficient (Wildman–Crippen LogP) is 1.36. The summed E-state index contributed by atoms with van der Waals surface area (Å²) < 4.78 is 0. The van der Waals surface area contributed by atoms with Crippen LogP contribution in [0.5, 0.6) is 0 Å². The monoisotopic (exact) mass is 216 g/mol. The molecule has 1 amide bonds. The van der Waals surface area contributed by atoms with Crippen LogP contribution in [0, 0.1) is 5.92 Å². The number of anilines is 1. The van der Waals surface area contributed by atoms with Crippen LogP contribution in [0.3, 0.4) is 0 Å². The van der Waals surface area contributed by atoms with Crippen LogP contribution in [0.2, 0.25) is 0 Å². The van der Waals surface area contributed by atoms with E-state index in [1.165, 1.54) is 5.56 Å². The maximum absolute atomic E-state index is 12.2. The van der Waals surface area contributed by atoms with E-state index in [1.54, 1.807) is 0 Å². The zero-order valence-electron chi connectivity index (χ0n) is 9.44. The van der Waals surface area contributed by atoms with Crippen molar-refractivity contribution < 1.29 is 4.79 Å². The molecule has 0 saturated carbocycles. The standard InChI is InChI=1S/C13H16N2O/c1-15-12-5-3-2-4-9(12)11-8-14-7-6-10(11)13(15)16/h2-5,10-11,14H,6-8H2,1H3. The smallest absolute Gasteiger partial charge is 0.230 e. The number of carbonyl (C=O) groups excluding carboxylic acids is 1. The molecule has 0 radical (unpaired) electrons. The lowest BCUT2D eigenvalue weighted by molar-refractivity contribution is -0.123. The van der Waals surface area contributed by atoms with Crippen molar-refractivity contribution in [3.63, 3.8) is 0 Å². The zero-order valence-corrected chi connectivity index (χ0v) is 9.44. The van der Waals surface area contributed by atoms with Crippen molar-refractivity contribution >= 4 is 11.6 Å². The second-order valence-corrected chi connectivity index (χ2v) is 4.66. The van der Waals surface area contributed by atoms with Crippen molar-refractivity contribution in [3.05, 3.63) is 29.8 Å². The molecule has 0 aliphatic carbocycles. The van der Waals surface area contributed by atoms with Crippen LogP contribution in [0.15, 0.2) is 24.3 Å². The van der Waals surface area contributed by atoms with E-state index in [4.69, 9.17) is 0 Å². The summed E-state index contributed by atoms with van der Waals surface area (Å²) in [5, 5.41) is 3.39. The molecule has 1 saturated heterocycles. The van der Waals surface area contributed by atoms with Crippen molar-refractivity contribution in [2.75, 3.05) is 25.0 Å². The number of amides is 1. The van der Waals surface area contributed by atoms with Gasteiger partial charge in [0.15, 0.2) is 0 Å². The average Bonchev–Trinajstić information content (AvgIpc) is 2.36. The van der Waals surface area contributed by atoms with Gasteiger partial charge in [-0.25, -0.2) is 0 Å². The van der Waals surface area contributed by atoms with Crippen LogP contribution in [0.1, 0.15) is 17.9 Å². The number of fused-ring (bicyclic) bond motifs is 3. The van der Waals surface area contributed by atoms with Crippen LogP contribution in [0.4, 0.5) is 5.69 Å². The van der Waals surface area contributed by atoms with Crippen molar-refractivity contribution in [2.24, 2.45) is 5.92 Å². The van der Waals surface area contributed by atoms with Crippen LogP contribution in [-0.4, -0.2) is 26.0 Å². The molecule has 0 aromatic heterocycles. The van der Waals surface area contributed by atoms with E-state index < -0.39 is 0 Å². The average molecular weight is 216 g/mol. The molecular formula is C13H16N2O. The lowest BCUT2D eigenvalue weighted by Gasteiger charge is -2.40. The number of para-hydroxylation sites is 1. The van der Waals surface area contributed by atoms with Crippen molar-refractivity contribution in [1.82, 2.24) is 5.32 Å². The van der Waals surface area contributed by atoms with Gasteiger partial charge < -0.3 is 10.2 Å². The quantitative estimate of drug-likeness (QED) is 0.710. The molecule has 3 rings (SSSR count). The van der Waals surface area contributed by atoms with Crippen molar-refractivity contribution in [3.8, 4) is 0 Å². The van der Waals surface area contributed by atoms with Crippen LogP contribution >= 0.6 is 0 Å². The minimum atomic E-state index is 0.182. The van der Waals surface area contributed by atoms with Gasteiger partial charge in [0.25, 0.3) is 0 Å². The molecule has 3 nitrogen and oxygen atoms in total. The van der Waals surface area contributed by atoms with E-state index in [9.17, 15) is 4.79 Å². The number of piperidine rings is 1. The molecule has 0 bridgehead atoms. The van der Waals surface area contributed by atoms with E-state index in [0.29, 0.717) is 5.92 Å². The third-order valence-electron chi connectivity index (χ3n) is 3.83. The Bertz CT molecular complexity index is 430. The number of rotatable bonds is 0.